The lowest BCUT2D eigenvalue weighted by molar-refractivity contribution is 0.417. The second kappa shape index (κ2) is 4.13. The maximum absolute atomic E-state index is 5.87. The van der Waals surface area contributed by atoms with Gasteiger partial charge in [-0.15, -0.1) is 0 Å². The van der Waals surface area contributed by atoms with Gasteiger partial charge in [0.15, 0.2) is 5.65 Å². The number of nitrogens with zero attached hydrogens (tertiary/aromatic N) is 3. The fourth-order valence-corrected chi connectivity index (χ4v) is 1.95. The Hall–Kier alpha value is -2.83. The summed E-state index contributed by atoms with van der Waals surface area (Å²) in [5.41, 5.74) is 14.4. The fourth-order valence-electron chi connectivity index (χ4n) is 1.95. The first-order valence-electron chi connectivity index (χ1n) is 5.59. The van der Waals surface area contributed by atoms with Gasteiger partial charge < -0.3 is 16.2 Å². The Morgan fingerprint density at radius 2 is 2.05 bits per heavy atom. The maximum atomic E-state index is 5.87. The van der Waals surface area contributed by atoms with E-state index in [0.29, 0.717) is 28.3 Å². The predicted octanol–water partition coefficient (Wildman–Crippen LogP) is 1.19. The van der Waals surface area contributed by atoms with E-state index in [-0.39, 0.29) is 0 Å². The molecule has 0 aliphatic rings. The Kier molecular flexibility index (Phi) is 2.45. The molecule has 2 heterocycles. The number of ether oxygens (including phenoxy) is 1. The van der Waals surface area contributed by atoms with E-state index in [1.807, 2.05) is 12.1 Å². The van der Waals surface area contributed by atoms with Crippen LogP contribution >= 0.6 is 0 Å². The number of nitrogens with two attached hydrogens (primary N) is 2. The number of fused-ring (bicyclic) bond motifs is 1. The molecule has 2 aromatic heterocycles. The summed E-state index contributed by atoms with van der Waals surface area (Å²) in [6, 6.07) is 5.44. The Labute approximate surface area is 108 Å². The van der Waals surface area contributed by atoms with Crippen LogP contribution in [0, 0.1) is 0 Å². The number of anilines is 2. The molecular weight excluding hydrogens is 244 g/mol. The normalized spacial score (nSPS) is 10.8. The zero-order valence-electron chi connectivity index (χ0n) is 10.2. The summed E-state index contributed by atoms with van der Waals surface area (Å²) >= 11 is 0. The zero-order chi connectivity index (χ0) is 13.4. The molecular formula is C12H12N6O. The summed E-state index contributed by atoms with van der Waals surface area (Å²) in [6.07, 6.45) is 1.38. The summed E-state index contributed by atoms with van der Waals surface area (Å²) in [4.78, 5) is 8.04. The van der Waals surface area contributed by atoms with Crippen molar-refractivity contribution in [3.8, 4) is 17.0 Å². The van der Waals surface area contributed by atoms with E-state index < -0.39 is 0 Å². The molecule has 1 aromatic carbocycles. The first-order valence-corrected chi connectivity index (χ1v) is 5.59. The van der Waals surface area contributed by atoms with Crippen LogP contribution in [0.15, 0.2) is 24.5 Å². The third kappa shape index (κ3) is 1.71. The zero-order valence-corrected chi connectivity index (χ0v) is 10.2. The molecule has 0 saturated heterocycles. The van der Waals surface area contributed by atoms with Gasteiger partial charge in [-0.2, -0.15) is 5.10 Å². The Morgan fingerprint density at radius 3 is 2.84 bits per heavy atom. The van der Waals surface area contributed by atoms with Gasteiger partial charge >= 0.3 is 0 Å². The van der Waals surface area contributed by atoms with Crippen LogP contribution in [0.5, 0.6) is 5.75 Å². The van der Waals surface area contributed by atoms with Gasteiger partial charge in [0.1, 0.15) is 17.9 Å². The van der Waals surface area contributed by atoms with Crippen molar-refractivity contribution in [1.82, 2.24) is 20.2 Å². The number of methoxy groups -OCH3 is 1. The number of hydrogen-bond donors (Lipinski definition) is 3. The van der Waals surface area contributed by atoms with E-state index >= 15 is 0 Å². The SMILES string of the molecule is COc1cc(-c2[nH]nc3ncnc(N)c23)ccc1N. The maximum Gasteiger partial charge on any atom is 0.186 e. The molecule has 0 bridgehead atoms. The lowest BCUT2D eigenvalue weighted by Gasteiger charge is -2.06. The van der Waals surface area contributed by atoms with Gasteiger partial charge in [0, 0.05) is 5.56 Å². The van der Waals surface area contributed by atoms with Crippen molar-refractivity contribution < 1.29 is 4.74 Å². The Balaban J connectivity index is 2.25. The van der Waals surface area contributed by atoms with Crippen LogP contribution in [-0.4, -0.2) is 27.3 Å². The van der Waals surface area contributed by atoms with Gasteiger partial charge in [0.2, 0.25) is 0 Å². The highest BCUT2D eigenvalue weighted by Crippen LogP contribution is 2.32. The summed E-state index contributed by atoms with van der Waals surface area (Å²) < 4.78 is 5.20. The lowest BCUT2D eigenvalue weighted by atomic mass is 10.1. The molecule has 0 radical (unpaired) electrons. The average molecular weight is 256 g/mol. The second-order valence-electron chi connectivity index (χ2n) is 4.01. The first kappa shape index (κ1) is 11.3. The molecule has 0 fully saturated rings. The van der Waals surface area contributed by atoms with Gasteiger partial charge in [-0.1, -0.05) is 6.07 Å². The molecule has 5 N–H and O–H groups in total. The van der Waals surface area contributed by atoms with Crippen molar-refractivity contribution in [2.24, 2.45) is 0 Å². The van der Waals surface area contributed by atoms with Gasteiger partial charge in [-0.3, -0.25) is 5.10 Å². The highest BCUT2D eigenvalue weighted by atomic mass is 16.5. The van der Waals surface area contributed by atoms with E-state index in [2.05, 4.69) is 20.2 Å². The van der Waals surface area contributed by atoms with E-state index in [1.165, 1.54) is 6.33 Å². The summed E-state index contributed by atoms with van der Waals surface area (Å²) in [5, 5.41) is 7.71. The third-order valence-electron chi connectivity index (χ3n) is 2.90. The van der Waals surface area contributed by atoms with Crippen molar-refractivity contribution in [3.63, 3.8) is 0 Å². The molecule has 0 aliphatic heterocycles. The number of H-pyrrole nitrogens is 1. The van der Waals surface area contributed by atoms with Crippen LogP contribution in [0.1, 0.15) is 0 Å². The van der Waals surface area contributed by atoms with Crippen LogP contribution in [-0.2, 0) is 0 Å². The minimum atomic E-state index is 0.379. The fraction of sp³-hybridized carbons (Fsp3) is 0.0833. The second-order valence-corrected chi connectivity index (χ2v) is 4.01. The summed E-state index contributed by atoms with van der Waals surface area (Å²) in [6.45, 7) is 0. The Bertz CT molecular complexity index is 751. The third-order valence-corrected chi connectivity index (χ3v) is 2.90. The van der Waals surface area contributed by atoms with Crippen molar-refractivity contribution in [2.75, 3.05) is 18.6 Å². The van der Waals surface area contributed by atoms with Crippen molar-refractivity contribution in [3.05, 3.63) is 24.5 Å². The first-order chi connectivity index (χ1) is 9.20. The lowest BCUT2D eigenvalue weighted by Crippen LogP contribution is -1.94. The van der Waals surface area contributed by atoms with E-state index in [1.54, 1.807) is 13.2 Å². The molecule has 96 valence electrons. The van der Waals surface area contributed by atoms with Gasteiger partial charge in [-0.05, 0) is 12.1 Å². The number of nitrogens with one attached hydrogen (secondary N) is 1. The van der Waals surface area contributed by atoms with Crippen LogP contribution < -0.4 is 16.2 Å². The molecule has 7 heteroatoms. The van der Waals surface area contributed by atoms with Crippen LogP contribution in [0.4, 0.5) is 11.5 Å². The quantitative estimate of drug-likeness (QED) is 0.593. The molecule has 0 saturated carbocycles. The van der Waals surface area contributed by atoms with Gasteiger partial charge in [-0.25, -0.2) is 9.97 Å². The number of hydrogen-bond acceptors (Lipinski definition) is 6. The summed E-state index contributed by atoms with van der Waals surface area (Å²) in [5.74, 6) is 0.972. The molecule has 7 nitrogen and oxygen atoms in total. The van der Waals surface area contributed by atoms with E-state index in [0.717, 1.165) is 11.3 Å². The monoisotopic (exact) mass is 256 g/mol. The van der Waals surface area contributed by atoms with Crippen molar-refractivity contribution >= 4 is 22.5 Å². The molecule has 3 rings (SSSR count). The standard InChI is InChI=1S/C12H12N6O/c1-19-8-4-6(2-3-7(8)13)10-9-11(14)15-5-16-12(9)18-17-10/h2-5H,13H2,1H3,(H3,14,15,16,17,18). The topological polar surface area (TPSA) is 116 Å². The van der Waals surface area contributed by atoms with Crippen LogP contribution in [0.25, 0.3) is 22.3 Å². The van der Waals surface area contributed by atoms with E-state index in [9.17, 15) is 0 Å². The molecule has 0 atom stereocenters. The number of rotatable bonds is 2. The van der Waals surface area contributed by atoms with Crippen molar-refractivity contribution in [1.29, 1.82) is 0 Å². The molecule has 0 aliphatic carbocycles. The molecule has 0 unspecified atom stereocenters. The number of aromatic nitrogens is 4. The highest BCUT2D eigenvalue weighted by molar-refractivity contribution is 5.98. The summed E-state index contributed by atoms with van der Waals surface area (Å²) in [7, 11) is 1.57. The Morgan fingerprint density at radius 1 is 1.21 bits per heavy atom. The molecule has 0 spiro atoms. The average Bonchev–Trinajstić information content (AvgIpc) is 2.85. The minimum absolute atomic E-state index is 0.379. The van der Waals surface area contributed by atoms with Crippen molar-refractivity contribution in [2.45, 2.75) is 0 Å². The molecule has 0 amide bonds. The number of aromatic amines is 1. The van der Waals surface area contributed by atoms with Gasteiger partial charge in [0.05, 0.1) is 23.9 Å². The highest BCUT2D eigenvalue weighted by Gasteiger charge is 2.13. The predicted molar refractivity (Wildman–Crippen MR) is 72.5 cm³/mol. The number of nitrogen functional groups attached to an aromatic ring is 2. The minimum Gasteiger partial charge on any atom is -0.495 e. The molecule has 3 aromatic rings. The van der Waals surface area contributed by atoms with Gasteiger partial charge in [0.25, 0.3) is 0 Å². The smallest absolute Gasteiger partial charge is 0.186 e. The largest absolute Gasteiger partial charge is 0.495 e. The van der Waals surface area contributed by atoms with Crippen LogP contribution in [0.2, 0.25) is 0 Å². The van der Waals surface area contributed by atoms with E-state index in [4.69, 9.17) is 16.2 Å². The molecule has 19 heavy (non-hydrogen) atoms. The van der Waals surface area contributed by atoms with Crippen LogP contribution in [0.3, 0.4) is 0 Å². The number of benzene rings is 1.